The van der Waals surface area contributed by atoms with E-state index in [0.717, 1.165) is 0 Å². The molecule has 2 N–H and O–H groups in total. The van der Waals surface area contributed by atoms with Gasteiger partial charge in [0.25, 0.3) is 11.8 Å². The SMILES string of the molecule is CNC(=O)c1ccc2c(c1)c(C(=O)OC)nn2-c1cccc(C#CC2(O)CCN(C)C2=O)c1. The second-order valence-electron chi connectivity index (χ2n) is 7.70. The molecule has 0 spiro atoms. The first kappa shape index (κ1) is 22.0. The molecule has 1 saturated heterocycles. The van der Waals surface area contributed by atoms with Crippen LogP contribution in [0, 0.1) is 11.8 Å². The molecule has 0 radical (unpaired) electrons. The van der Waals surface area contributed by atoms with Crippen molar-refractivity contribution in [3.63, 3.8) is 0 Å². The average molecular weight is 446 g/mol. The van der Waals surface area contributed by atoms with Gasteiger partial charge in [-0.15, -0.1) is 0 Å². The summed E-state index contributed by atoms with van der Waals surface area (Å²) in [6, 6.07) is 12.0. The van der Waals surface area contributed by atoms with E-state index in [1.807, 2.05) is 0 Å². The van der Waals surface area contributed by atoms with Gasteiger partial charge in [-0.1, -0.05) is 17.9 Å². The minimum absolute atomic E-state index is 0.0728. The fourth-order valence-corrected chi connectivity index (χ4v) is 3.71. The third kappa shape index (κ3) is 3.92. The first-order valence-electron chi connectivity index (χ1n) is 10.2. The number of benzene rings is 2. The van der Waals surface area contributed by atoms with Crippen molar-refractivity contribution in [3.8, 4) is 17.5 Å². The van der Waals surface area contributed by atoms with Gasteiger partial charge in [-0.3, -0.25) is 9.59 Å². The van der Waals surface area contributed by atoms with Gasteiger partial charge in [0.15, 0.2) is 5.69 Å². The van der Waals surface area contributed by atoms with E-state index < -0.39 is 17.5 Å². The summed E-state index contributed by atoms with van der Waals surface area (Å²) < 4.78 is 6.43. The maximum Gasteiger partial charge on any atom is 0.359 e. The maximum atomic E-state index is 12.3. The number of likely N-dealkylation sites (tertiary alicyclic amines) is 1. The van der Waals surface area contributed by atoms with E-state index in [2.05, 4.69) is 22.3 Å². The highest BCUT2D eigenvalue weighted by atomic mass is 16.5. The Labute approximate surface area is 189 Å². The van der Waals surface area contributed by atoms with Crippen LogP contribution in [0.4, 0.5) is 0 Å². The van der Waals surface area contributed by atoms with Crippen molar-refractivity contribution in [2.75, 3.05) is 27.7 Å². The highest BCUT2D eigenvalue weighted by molar-refractivity contribution is 6.05. The molecule has 2 amide bonds. The van der Waals surface area contributed by atoms with Crippen LogP contribution in [-0.4, -0.2) is 70.9 Å². The van der Waals surface area contributed by atoms with E-state index in [1.165, 1.54) is 19.1 Å². The molecule has 2 aromatic carbocycles. The Kier molecular flexibility index (Phi) is 5.62. The first-order valence-corrected chi connectivity index (χ1v) is 10.2. The van der Waals surface area contributed by atoms with Crippen LogP contribution in [-0.2, 0) is 9.53 Å². The molecule has 1 unspecified atom stereocenters. The molecular formula is C24H22N4O5. The number of hydrogen-bond donors (Lipinski definition) is 2. The van der Waals surface area contributed by atoms with Gasteiger partial charge in [-0.2, -0.15) is 5.10 Å². The smallest absolute Gasteiger partial charge is 0.359 e. The normalized spacial score (nSPS) is 17.6. The molecule has 3 aromatic rings. The van der Waals surface area contributed by atoms with Crippen LogP contribution in [0.1, 0.15) is 32.8 Å². The number of nitrogens with zero attached hydrogens (tertiary/aromatic N) is 3. The number of aliphatic hydroxyl groups is 1. The highest BCUT2D eigenvalue weighted by Gasteiger charge is 2.42. The van der Waals surface area contributed by atoms with Crippen molar-refractivity contribution < 1.29 is 24.2 Å². The van der Waals surface area contributed by atoms with Crippen LogP contribution in [0.15, 0.2) is 42.5 Å². The largest absolute Gasteiger partial charge is 0.464 e. The van der Waals surface area contributed by atoms with Gasteiger partial charge in [-0.05, 0) is 36.4 Å². The predicted octanol–water partition coefficient (Wildman–Crippen LogP) is 1.12. The summed E-state index contributed by atoms with van der Waals surface area (Å²) in [6.07, 6.45) is 0.245. The Hall–Kier alpha value is -4.16. The van der Waals surface area contributed by atoms with Crippen LogP contribution in [0.2, 0.25) is 0 Å². The number of aromatic nitrogens is 2. The average Bonchev–Trinajstić information content (AvgIpc) is 3.35. The molecule has 9 nitrogen and oxygen atoms in total. The summed E-state index contributed by atoms with van der Waals surface area (Å²) >= 11 is 0. The van der Waals surface area contributed by atoms with Crippen molar-refractivity contribution in [3.05, 3.63) is 59.3 Å². The minimum atomic E-state index is -1.70. The van der Waals surface area contributed by atoms with Crippen molar-refractivity contribution >= 4 is 28.7 Å². The molecule has 4 rings (SSSR count). The number of rotatable bonds is 3. The van der Waals surface area contributed by atoms with E-state index >= 15 is 0 Å². The number of nitrogens with one attached hydrogen (secondary N) is 1. The molecule has 0 aliphatic carbocycles. The van der Waals surface area contributed by atoms with Crippen LogP contribution in [0.5, 0.6) is 0 Å². The molecule has 1 aliphatic rings. The van der Waals surface area contributed by atoms with Crippen molar-refractivity contribution in [1.82, 2.24) is 20.0 Å². The second kappa shape index (κ2) is 8.41. The molecule has 1 atom stereocenters. The molecule has 2 heterocycles. The molecule has 0 bridgehead atoms. The van der Waals surface area contributed by atoms with Gasteiger partial charge < -0.3 is 20.1 Å². The van der Waals surface area contributed by atoms with E-state index in [4.69, 9.17) is 4.74 Å². The second-order valence-corrected chi connectivity index (χ2v) is 7.70. The third-order valence-corrected chi connectivity index (χ3v) is 5.56. The van der Waals surface area contributed by atoms with Crippen LogP contribution < -0.4 is 5.32 Å². The van der Waals surface area contributed by atoms with Gasteiger partial charge >= 0.3 is 5.97 Å². The summed E-state index contributed by atoms with van der Waals surface area (Å²) in [6.45, 7) is 0.442. The lowest BCUT2D eigenvalue weighted by Gasteiger charge is -2.13. The number of fused-ring (bicyclic) bond motifs is 1. The minimum Gasteiger partial charge on any atom is -0.464 e. The van der Waals surface area contributed by atoms with E-state index in [9.17, 15) is 19.5 Å². The molecule has 1 aromatic heterocycles. The highest BCUT2D eigenvalue weighted by Crippen LogP contribution is 2.25. The Morgan fingerprint density at radius 1 is 1.24 bits per heavy atom. The number of ether oxygens (including phenoxy) is 1. The quantitative estimate of drug-likeness (QED) is 0.460. The van der Waals surface area contributed by atoms with Crippen LogP contribution in [0.25, 0.3) is 16.6 Å². The van der Waals surface area contributed by atoms with Gasteiger partial charge in [0.05, 0.1) is 18.3 Å². The molecule has 9 heteroatoms. The van der Waals surface area contributed by atoms with E-state index in [0.29, 0.717) is 34.3 Å². The monoisotopic (exact) mass is 446 g/mol. The van der Waals surface area contributed by atoms with Gasteiger partial charge in [0.2, 0.25) is 5.60 Å². The van der Waals surface area contributed by atoms with E-state index in [-0.39, 0.29) is 18.0 Å². The number of carbonyl (C=O) groups excluding carboxylic acids is 3. The summed E-state index contributed by atoms with van der Waals surface area (Å²) in [7, 11) is 4.41. The fraction of sp³-hybridized carbons (Fsp3) is 0.250. The number of hydrogen-bond acceptors (Lipinski definition) is 6. The number of methoxy groups -OCH3 is 1. The molecule has 1 aliphatic heterocycles. The standard InChI is InChI=1S/C24H22N4O5/c1-25-21(29)16-7-8-19-18(14-16)20(22(30)33-3)26-28(19)17-6-4-5-15(13-17)9-10-24(32)11-12-27(2)23(24)31/h4-8,13-14,32H,11-12H2,1-3H3,(H,25,29). The third-order valence-electron chi connectivity index (χ3n) is 5.56. The maximum absolute atomic E-state index is 12.3. The summed E-state index contributed by atoms with van der Waals surface area (Å²) in [4.78, 5) is 38.0. The van der Waals surface area contributed by atoms with Gasteiger partial charge in [-0.25, -0.2) is 9.48 Å². The van der Waals surface area contributed by atoms with Crippen molar-refractivity contribution in [2.24, 2.45) is 0 Å². The number of esters is 1. The predicted molar refractivity (Wildman–Crippen MR) is 120 cm³/mol. The molecule has 168 valence electrons. The fourth-order valence-electron chi connectivity index (χ4n) is 3.71. The van der Waals surface area contributed by atoms with E-state index in [1.54, 1.807) is 54.2 Å². The Bertz CT molecular complexity index is 1350. The van der Waals surface area contributed by atoms with Crippen LogP contribution >= 0.6 is 0 Å². The van der Waals surface area contributed by atoms with Crippen LogP contribution in [0.3, 0.4) is 0 Å². The Morgan fingerprint density at radius 3 is 2.70 bits per heavy atom. The Balaban J connectivity index is 1.79. The lowest BCUT2D eigenvalue weighted by atomic mass is 10.0. The lowest BCUT2D eigenvalue weighted by Crippen LogP contribution is -2.37. The molecule has 33 heavy (non-hydrogen) atoms. The zero-order chi connectivity index (χ0) is 23.8. The number of likely N-dealkylation sites (N-methyl/N-ethyl adjacent to an activating group) is 1. The molecular weight excluding hydrogens is 424 g/mol. The zero-order valence-corrected chi connectivity index (χ0v) is 18.4. The summed E-state index contributed by atoms with van der Waals surface area (Å²) in [5.41, 5.74) is 0.527. The van der Waals surface area contributed by atoms with Crippen molar-refractivity contribution in [1.29, 1.82) is 0 Å². The van der Waals surface area contributed by atoms with Gasteiger partial charge in [0, 0.05) is 43.6 Å². The number of amides is 2. The summed E-state index contributed by atoms with van der Waals surface area (Å²) in [5, 5.41) is 18.0. The summed E-state index contributed by atoms with van der Waals surface area (Å²) in [5.74, 6) is 4.23. The topological polar surface area (TPSA) is 114 Å². The Morgan fingerprint density at radius 2 is 2.03 bits per heavy atom. The van der Waals surface area contributed by atoms with Crippen molar-refractivity contribution in [2.45, 2.75) is 12.0 Å². The van der Waals surface area contributed by atoms with Gasteiger partial charge in [0.1, 0.15) is 0 Å². The zero-order valence-electron chi connectivity index (χ0n) is 18.4. The first-order chi connectivity index (χ1) is 15.8. The molecule has 0 saturated carbocycles. The number of carbonyl (C=O) groups is 3. The lowest BCUT2D eigenvalue weighted by molar-refractivity contribution is -0.137. The molecule has 1 fully saturated rings.